The third kappa shape index (κ3) is 4.95. The van der Waals surface area contributed by atoms with Crippen molar-refractivity contribution in [1.29, 1.82) is 0 Å². The zero-order chi connectivity index (χ0) is 22.5. The van der Waals surface area contributed by atoms with E-state index in [0.29, 0.717) is 23.4 Å². The number of hydrogen-bond acceptors (Lipinski definition) is 6. The molecule has 0 saturated carbocycles. The number of carbonyl (C=O) groups excluding carboxylic acids is 2. The molecule has 0 N–H and O–H groups in total. The van der Waals surface area contributed by atoms with Crippen LogP contribution < -0.4 is 0 Å². The molecule has 1 aromatic rings. The molecule has 0 radical (unpaired) electrons. The lowest BCUT2D eigenvalue weighted by Gasteiger charge is -2.36. The van der Waals surface area contributed by atoms with Crippen molar-refractivity contribution in [3.05, 3.63) is 45.6 Å². The predicted octanol–water partition coefficient (Wildman–Crippen LogP) is 3.28. The molecule has 0 bridgehead atoms. The van der Waals surface area contributed by atoms with Crippen LogP contribution in [0.3, 0.4) is 0 Å². The van der Waals surface area contributed by atoms with E-state index >= 15 is 0 Å². The van der Waals surface area contributed by atoms with Crippen LogP contribution in [0.25, 0.3) is 5.57 Å². The van der Waals surface area contributed by atoms with Crippen molar-refractivity contribution in [3.63, 3.8) is 0 Å². The fourth-order valence-corrected chi connectivity index (χ4v) is 4.37. The molecule has 0 aromatic heterocycles. The Morgan fingerprint density at radius 2 is 1.71 bits per heavy atom. The van der Waals surface area contributed by atoms with E-state index in [1.165, 1.54) is 17.0 Å². The lowest BCUT2D eigenvalue weighted by molar-refractivity contribution is -0.384. The predicted molar refractivity (Wildman–Crippen MR) is 119 cm³/mol. The first kappa shape index (κ1) is 22.9. The van der Waals surface area contributed by atoms with Gasteiger partial charge in [-0.3, -0.25) is 24.6 Å². The Hall–Kier alpha value is -2.74. The highest BCUT2D eigenvalue weighted by molar-refractivity contribution is 6.35. The Labute approximate surface area is 183 Å². The summed E-state index contributed by atoms with van der Waals surface area (Å²) < 4.78 is 0. The van der Waals surface area contributed by atoms with Crippen molar-refractivity contribution in [2.75, 3.05) is 33.7 Å². The zero-order valence-corrected chi connectivity index (χ0v) is 18.7. The van der Waals surface area contributed by atoms with Crippen LogP contribution in [-0.4, -0.2) is 71.2 Å². The standard InChI is InChI=1S/C23H32N4O4/c1-4-5-6-7-14-26-22(28)20(17-8-10-19(11-9-17)27(30)31)21(23(26)29)25(3)18-12-15-24(2)16-13-18/h8-11,18H,4-7,12-16H2,1-3H3. The minimum absolute atomic E-state index is 0.0391. The van der Waals surface area contributed by atoms with Crippen LogP contribution in [0.2, 0.25) is 0 Å². The molecule has 8 heteroatoms. The molecule has 3 rings (SSSR count). The van der Waals surface area contributed by atoms with E-state index in [-0.39, 0.29) is 23.5 Å². The number of nitro groups is 1. The number of likely N-dealkylation sites (N-methyl/N-ethyl adjacent to an activating group) is 1. The number of nitrogens with zero attached hydrogens (tertiary/aromatic N) is 4. The van der Waals surface area contributed by atoms with Gasteiger partial charge in [-0.2, -0.15) is 0 Å². The topological polar surface area (TPSA) is 87.0 Å². The molecule has 1 fully saturated rings. The highest BCUT2D eigenvalue weighted by atomic mass is 16.6. The number of rotatable bonds is 9. The van der Waals surface area contributed by atoms with Gasteiger partial charge in [0.25, 0.3) is 17.5 Å². The lowest BCUT2D eigenvalue weighted by atomic mass is 10.00. The van der Waals surface area contributed by atoms with Crippen LogP contribution in [0.5, 0.6) is 0 Å². The molecule has 2 amide bonds. The van der Waals surface area contributed by atoms with E-state index in [4.69, 9.17) is 0 Å². The summed E-state index contributed by atoms with van der Waals surface area (Å²) in [4.78, 5) is 42.8. The van der Waals surface area contributed by atoms with Gasteiger partial charge in [0.2, 0.25) is 0 Å². The fraction of sp³-hybridized carbons (Fsp3) is 0.565. The summed E-state index contributed by atoms with van der Waals surface area (Å²) in [6.45, 7) is 4.41. The Morgan fingerprint density at radius 1 is 1.06 bits per heavy atom. The van der Waals surface area contributed by atoms with Gasteiger partial charge in [0.1, 0.15) is 5.70 Å². The molecule has 2 aliphatic heterocycles. The number of benzene rings is 1. The number of hydrogen-bond donors (Lipinski definition) is 0. The first-order valence-electron chi connectivity index (χ1n) is 11.1. The van der Waals surface area contributed by atoms with Crippen LogP contribution >= 0.6 is 0 Å². The number of imide groups is 1. The molecule has 2 heterocycles. The molecule has 1 saturated heterocycles. The number of carbonyl (C=O) groups is 2. The first-order chi connectivity index (χ1) is 14.8. The van der Waals surface area contributed by atoms with Gasteiger partial charge < -0.3 is 9.80 Å². The number of unbranched alkanes of at least 4 members (excludes halogenated alkanes) is 3. The minimum Gasteiger partial charge on any atom is -0.366 e. The SMILES string of the molecule is CCCCCCN1C(=O)C(c2ccc([N+](=O)[O-])cc2)=C(N(C)C2CCN(C)CC2)C1=O. The molecule has 2 aliphatic rings. The van der Waals surface area contributed by atoms with E-state index in [1.807, 2.05) is 11.9 Å². The maximum atomic E-state index is 13.4. The zero-order valence-electron chi connectivity index (χ0n) is 18.7. The van der Waals surface area contributed by atoms with E-state index in [0.717, 1.165) is 51.6 Å². The molecule has 0 spiro atoms. The third-order valence-corrected chi connectivity index (χ3v) is 6.33. The van der Waals surface area contributed by atoms with Crippen LogP contribution in [0.15, 0.2) is 30.0 Å². The van der Waals surface area contributed by atoms with Crippen molar-refractivity contribution in [1.82, 2.24) is 14.7 Å². The molecule has 8 nitrogen and oxygen atoms in total. The summed E-state index contributed by atoms with van der Waals surface area (Å²) in [5.41, 5.74) is 1.29. The van der Waals surface area contributed by atoms with Crippen LogP contribution in [0.1, 0.15) is 51.0 Å². The Balaban J connectivity index is 1.93. The van der Waals surface area contributed by atoms with E-state index in [2.05, 4.69) is 18.9 Å². The lowest BCUT2D eigenvalue weighted by Crippen LogP contribution is -2.43. The average molecular weight is 429 g/mol. The normalized spacial score (nSPS) is 18.2. The second-order valence-corrected chi connectivity index (χ2v) is 8.50. The van der Waals surface area contributed by atoms with Crippen molar-refractivity contribution < 1.29 is 14.5 Å². The molecule has 31 heavy (non-hydrogen) atoms. The summed E-state index contributed by atoms with van der Waals surface area (Å²) in [5, 5.41) is 11.0. The Morgan fingerprint density at radius 3 is 2.29 bits per heavy atom. The summed E-state index contributed by atoms with van der Waals surface area (Å²) >= 11 is 0. The molecule has 168 valence electrons. The fourth-order valence-electron chi connectivity index (χ4n) is 4.37. The molecular formula is C23H32N4O4. The van der Waals surface area contributed by atoms with Crippen LogP contribution in [-0.2, 0) is 9.59 Å². The van der Waals surface area contributed by atoms with Gasteiger partial charge in [-0.25, -0.2) is 0 Å². The van der Waals surface area contributed by atoms with Crippen LogP contribution in [0.4, 0.5) is 5.69 Å². The molecule has 0 aliphatic carbocycles. The minimum atomic E-state index is -0.467. The van der Waals surface area contributed by atoms with Gasteiger partial charge in [-0.15, -0.1) is 0 Å². The van der Waals surface area contributed by atoms with Crippen molar-refractivity contribution in [3.8, 4) is 0 Å². The third-order valence-electron chi connectivity index (χ3n) is 6.33. The van der Waals surface area contributed by atoms with Crippen molar-refractivity contribution in [2.24, 2.45) is 0 Å². The van der Waals surface area contributed by atoms with Crippen molar-refractivity contribution >= 4 is 23.1 Å². The molecule has 0 unspecified atom stereocenters. The number of nitro benzene ring substituents is 1. The quantitative estimate of drug-likeness (QED) is 0.260. The first-order valence-corrected chi connectivity index (χ1v) is 11.1. The van der Waals surface area contributed by atoms with Crippen molar-refractivity contribution in [2.45, 2.75) is 51.5 Å². The van der Waals surface area contributed by atoms with Gasteiger partial charge >= 0.3 is 0 Å². The molecule has 1 aromatic carbocycles. The number of likely N-dealkylation sites (tertiary alicyclic amines) is 1. The van der Waals surface area contributed by atoms with Gasteiger partial charge in [0.05, 0.1) is 10.5 Å². The van der Waals surface area contributed by atoms with Gasteiger partial charge in [-0.05, 0) is 57.1 Å². The largest absolute Gasteiger partial charge is 0.366 e. The van der Waals surface area contributed by atoms with Crippen LogP contribution in [0, 0.1) is 10.1 Å². The second kappa shape index (κ2) is 10.0. The number of piperidine rings is 1. The monoisotopic (exact) mass is 428 g/mol. The maximum absolute atomic E-state index is 13.4. The highest BCUT2D eigenvalue weighted by Crippen LogP contribution is 2.34. The Kier molecular flexibility index (Phi) is 7.43. The summed E-state index contributed by atoms with van der Waals surface area (Å²) in [7, 11) is 3.97. The highest BCUT2D eigenvalue weighted by Gasteiger charge is 2.42. The van der Waals surface area contributed by atoms with E-state index < -0.39 is 4.92 Å². The van der Waals surface area contributed by atoms with Gasteiger partial charge in [-0.1, -0.05) is 26.2 Å². The van der Waals surface area contributed by atoms with E-state index in [1.54, 1.807) is 12.1 Å². The van der Waals surface area contributed by atoms with E-state index in [9.17, 15) is 19.7 Å². The smallest absolute Gasteiger partial charge is 0.277 e. The molecule has 0 atom stereocenters. The number of amides is 2. The second-order valence-electron chi connectivity index (χ2n) is 8.50. The maximum Gasteiger partial charge on any atom is 0.277 e. The number of non-ortho nitro benzene ring substituents is 1. The summed E-state index contributed by atoms with van der Waals surface area (Å²) in [6.07, 6.45) is 5.74. The summed E-state index contributed by atoms with van der Waals surface area (Å²) in [5.74, 6) is -0.554. The molecular weight excluding hydrogens is 396 g/mol. The Bertz CT molecular complexity index is 857. The average Bonchev–Trinajstić information content (AvgIpc) is 3.01. The van der Waals surface area contributed by atoms with Gasteiger partial charge in [0.15, 0.2) is 0 Å². The summed E-state index contributed by atoms with van der Waals surface area (Å²) in [6, 6.07) is 6.09. The van der Waals surface area contributed by atoms with Gasteiger partial charge in [0, 0.05) is 31.8 Å².